The van der Waals surface area contributed by atoms with Gasteiger partial charge in [-0.1, -0.05) is 79.7 Å². The Kier molecular flexibility index (Phi) is 9.27. The molecule has 0 heterocycles. The SMILES string of the molecule is CCCNC(=O)[C@@H](Cc1ccccc1)N(Cc1ccccc1C)C(=O)COc1ccccc1C. The molecule has 0 unspecified atom stereocenters. The Labute approximate surface area is 202 Å². The van der Waals surface area contributed by atoms with Crippen molar-refractivity contribution in [2.24, 2.45) is 0 Å². The Balaban J connectivity index is 1.91. The van der Waals surface area contributed by atoms with E-state index in [4.69, 9.17) is 4.74 Å². The summed E-state index contributed by atoms with van der Waals surface area (Å²) in [6.45, 7) is 6.74. The van der Waals surface area contributed by atoms with Crippen molar-refractivity contribution in [2.75, 3.05) is 13.2 Å². The Morgan fingerprint density at radius 1 is 0.882 bits per heavy atom. The van der Waals surface area contributed by atoms with Gasteiger partial charge in [0.2, 0.25) is 5.91 Å². The normalized spacial score (nSPS) is 11.5. The summed E-state index contributed by atoms with van der Waals surface area (Å²) >= 11 is 0. The predicted molar refractivity (Wildman–Crippen MR) is 136 cm³/mol. The molecule has 0 spiro atoms. The first-order chi connectivity index (χ1) is 16.5. The van der Waals surface area contributed by atoms with Crippen molar-refractivity contribution < 1.29 is 14.3 Å². The van der Waals surface area contributed by atoms with Gasteiger partial charge >= 0.3 is 0 Å². The first kappa shape index (κ1) is 25.0. The topological polar surface area (TPSA) is 58.6 Å². The summed E-state index contributed by atoms with van der Waals surface area (Å²) < 4.78 is 5.89. The molecule has 0 fully saturated rings. The fraction of sp³-hybridized carbons (Fsp3) is 0.310. The molecule has 1 N–H and O–H groups in total. The number of rotatable bonds is 11. The molecule has 5 nitrogen and oxygen atoms in total. The standard InChI is InChI=1S/C29H34N2O3/c1-4-18-30-29(33)26(19-24-14-6-5-7-15-24)31(20-25-16-10-8-12-22(25)2)28(32)21-34-27-17-11-9-13-23(27)3/h5-17,26H,4,18-21H2,1-3H3,(H,30,33)/t26-/m1/s1. The number of carbonyl (C=O) groups is 2. The van der Waals surface area contributed by atoms with Crippen LogP contribution in [0.2, 0.25) is 0 Å². The number of hydrogen-bond acceptors (Lipinski definition) is 3. The molecule has 0 radical (unpaired) electrons. The summed E-state index contributed by atoms with van der Waals surface area (Å²) in [5.74, 6) is 0.296. The van der Waals surface area contributed by atoms with E-state index in [9.17, 15) is 9.59 Å². The monoisotopic (exact) mass is 458 g/mol. The van der Waals surface area contributed by atoms with Crippen LogP contribution in [-0.4, -0.2) is 35.9 Å². The van der Waals surface area contributed by atoms with E-state index in [1.54, 1.807) is 4.90 Å². The molecule has 3 aromatic rings. The van der Waals surface area contributed by atoms with Crippen molar-refractivity contribution in [1.82, 2.24) is 10.2 Å². The van der Waals surface area contributed by atoms with Gasteiger partial charge in [-0.25, -0.2) is 0 Å². The van der Waals surface area contributed by atoms with Crippen LogP contribution in [0.1, 0.15) is 35.6 Å². The lowest BCUT2D eigenvalue weighted by atomic mass is 10.0. The zero-order chi connectivity index (χ0) is 24.3. The minimum absolute atomic E-state index is 0.136. The molecule has 1 atom stereocenters. The van der Waals surface area contributed by atoms with Gasteiger partial charge in [0.1, 0.15) is 11.8 Å². The lowest BCUT2D eigenvalue weighted by Crippen LogP contribution is -2.51. The maximum Gasteiger partial charge on any atom is 0.261 e. The van der Waals surface area contributed by atoms with E-state index in [-0.39, 0.29) is 18.4 Å². The van der Waals surface area contributed by atoms with Crippen LogP contribution in [0.4, 0.5) is 0 Å². The maximum atomic E-state index is 13.6. The number of nitrogens with one attached hydrogen (secondary N) is 1. The Morgan fingerprint density at radius 2 is 1.53 bits per heavy atom. The largest absolute Gasteiger partial charge is 0.484 e. The molecule has 178 valence electrons. The van der Waals surface area contributed by atoms with Crippen LogP contribution in [0.15, 0.2) is 78.9 Å². The summed E-state index contributed by atoms with van der Waals surface area (Å²) in [6, 6.07) is 24.7. The highest BCUT2D eigenvalue weighted by Crippen LogP contribution is 2.19. The molecule has 34 heavy (non-hydrogen) atoms. The van der Waals surface area contributed by atoms with E-state index in [1.165, 1.54) is 0 Å². The van der Waals surface area contributed by atoms with E-state index in [0.717, 1.165) is 28.7 Å². The summed E-state index contributed by atoms with van der Waals surface area (Å²) in [4.78, 5) is 28.5. The highest BCUT2D eigenvalue weighted by molar-refractivity contribution is 5.88. The molecule has 0 aromatic heterocycles. The highest BCUT2D eigenvalue weighted by Gasteiger charge is 2.30. The van der Waals surface area contributed by atoms with E-state index in [2.05, 4.69) is 5.32 Å². The first-order valence-corrected chi connectivity index (χ1v) is 11.8. The van der Waals surface area contributed by atoms with E-state index < -0.39 is 6.04 Å². The van der Waals surface area contributed by atoms with Gasteiger partial charge in [0.25, 0.3) is 5.91 Å². The van der Waals surface area contributed by atoms with E-state index >= 15 is 0 Å². The number of carbonyl (C=O) groups excluding carboxylic acids is 2. The highest BCUT2D eigenvalue weighted by atomic mass is 16.5. The molecule has 0 aliphatic heterocycles. The second-order valence-electron chi connectivity index (χ2n) is 8.50. The number of hydrogen-bond donors (Lipinski definition) is 1. The molecule has 2 amide bonds. The average Bonchev–Trinajstić information content (AvgIpc) is 2.85. The Hall–Kier alpha value is -3.60. The van der Waals surface area contributed by atoms with Gasteiger partial charge in [-0.3, -0.25) is 9.59 Å². The molecule has 0 saturated carbocycles. The number of para-hydroxylation sites is 1. The summed E-state index contributed by atoms with van der Waals surface area (Å²) in [5.41, 5.74) is 4.05. The third kappa shape index (κ3) is 6.95. The van der Waals surface area contributed by atoms with Crippen LogP contribution >= 0.6 is 0 Å². The number of benzene rings is 3. The van der Waals surface area contributed by atoms with Crippen LogP contribution in [-0.2, 0) is 22.6 Å². The van der Waals surface area contributed by atoms with Crippen molar-refractivity contribution in [2.45, 2.75) is 46.2 Å². The van der Waals surface area contributed by atoms with Crippen LogP contribution < -0.4 is 10.1 Å². The molecule has 0 saturated heterocycles. The van der Waals surface area contributed by atoms with Gasteiger partial charge in [-0.05, 0) is 48.6 Å². The number of amides is 2. The third-order valence-corrected chi connectivity index (χ3v) is 5.87. The quantitative estimate of drug-likeness (QED) is 0.447. The minimum Gasteiger partial charge on any atom is -0.484 e. The summed E-state index contributed by atoms with van der Waals surface area (Å²) in [6.07, 6.45) is 1.25. The molecule has 3 rings (SSSR count). The lowest BCUT2D eigenvalue weighted by Gasteiger charge is -2.32. The predicted octanol–water partition coefficient (Wildman–Crippen LogP) is 4.85. The zero-order valence-corrected chi connectivity index (χ0v) is 20.3. The Bertz CT molecular complexity index is 1080. The van der Waals surface area contributed by atoms with Gasteiger partial charge in [-0.2, -0.15) is 0 Å². The van der Waals surface area contributed by atoms with Gasteiger partial charge < -0.3 is 15.0 Å². The van der Waals surface area contributed by atoms with Crippen LogP contribution in [0.5, 0.6) is 5.75 Å². The molecular weight excluding hydrogens is 424 g/mol. The summed E-state index contributed by atoms with van der Waals surface area (Å²) in [5, 5.41) is 3.00. The van der Waals surface area contributed by atoms with Crippen LogP contribution in [0.25, 0.3) is 0 Å². The van der Waals surface area contributed by atoms with E-state index in [1.807, 2.05) is 99.6 Å². The van der Waals surface area contributed by atoms with Gasteiger partial charge in [0.05, 0.1) is 0 Å². The Morgan fingerprint density at radius 3 is 2.21 bits per heavy atom. The van der Waals surface area contributed by atoms with Crippen molar-refractivity contribution in [3.8, 4) is 5.75 Å². The molecule has 5 heteroatoms. The maximum absolute atomic E-state index is 13.6. The smallest absolute Gasteiger partial charge is 0.261 e. The average molecular weight is 459 g/mol. The molecular formula is C29H34N2O3. The van der Waals surface area contributed by atoms with Crippen molar-refractivity contribution in [3.63, 3.8) is 0 Å². The van der Waals surface area contributed by atoms with Crippen LogP contribution in [0.3, 0.4) is 0 Å². The number of aryl methyl sites for hydroxylation is 2. The lowest BCUT2D eigenvalue weighted by molar-refractivity contribution is -0.142. The molecule has 3 aromatic carbocycles. The number of nitrogens with zero attached hydrogens (tertiary/aromatic N) is 1. The molecule has 0 aliphatic carbocycles. The van der Waals surface area contributed by atoms with Crippen molar-refractivity contribution >= 4 is 11.8 Å². The fourth-order valence-corrected chi connectivity index (χ4v) is 3.83. The summed E-state index contributed by atoms with van der Waals surface area (Å²) in [7, 11) is 0. The second-order valence-corrected chi connectivity index (χ2v) is 8.50. The number of ether oxygens (including phenoxy) is 1. The minimum atomic E-state index is -0.651. The van der Waals surface area contributed by atoms with Gasteiger partial charge in [-0.15, -0.1) is 0 Å². The molecule has 0 bridgehead atoms. The van der Waals surface area contributed by atoms with Crippen LogP contribution in [0, 0.1) is 13.8 Å². The third-order valence-electron chi connectivity index (χ3n) is 5.87. The zero-order valence-electron chi connectivity index (χ0n) is 20.3. The molecule has 0 aliphatic rings. The van der Waals surface area contributed by atoms with E-state index in [0.29, 0.717) is 25.3 Å². The fourth-order valence-electron chi connectivity index (χ4n) is 3.83. The van der Waals surface area contributed by atoms with Gasteiger partial charge in [0, 0.05) is 19.5 Å². The second kappa shape index (κ2) is 12.6. The van der Waals surface area contributed by atoms with Crippen molar-refractivity contribution in [3.05, 3.63) is 101 Å². The van der Waals surface area contributed by atoms with Crippen molar-refractivity contribution in [1.29, 1.82) is 0 Å². The van der Waals surface area contributed by atoms with Gasteiger partial charge in [0.15, 0.2) is 6.61 Å². The first-order valence-electron chi connectivity index (χ1n) is 11.8.